The molecule has 7 nitrogen and oxygen atoms in total. The smallest absolute Gasteiger partial charge is 0.328 e. The molecule has 1 aromatic heterocycles. The van der Waals surface area contributed by atoms with Gasteiger partial charge in [-0.15, -0.1) is 0 Å². The molecule has 0 radical (unpaired) electrons. The number of ether oxygens (including phenoxy) is 1. The number of carbonyl (C=O) groups excluding carboxylic acids is 2. The van der Waals surface area contributed by atoms with E-state index in [-0.39, 0.29) is 18.1 Å². The third-order valence-electron chi connectivity index (χ3n) is 6.74. The van der Waals surface area contributed by atoms with E-state index < -0.39 is 29.5 Å². The standard InChI is InChI=1S/C32H41N3O4/c1-5-34(6-2)21-14-20-28(32(38)39-23-24(3)4)33-30(36)27-19-13-22-35(31(27)37)29(25-15-9-7-10-16-25)26-17-11-8-12-18-26/h7-13,15-19,22,24,28-29H,5-6,14,20-21,23H2,1-4H3,(H,33,36)/t28-/m0/s1. The number of pyridine rings is 1. The Morgan fingerprint density at radius 1 is 0.897 bits per heavy atom. The molecule has 0 saturated heterocycles. The molecule has 208 valence electrons. The zero-order valence-electron chi connectivity index (χ0n) is 23.5. The van der Waals surface area contributed by atoms with Gasteiger partial charge in [0.1, 0.15) is 11.6 Å². The molecule has 0 aliphatic rings. The molecule has 0 fully saturated rings. The first-order valence-electron chi connectivity index (χ1n) is 13.9. The minimum absolute atomic E-state index is 0.0141. The topological polar surface area (TPSA) is 80.6 Å². The third-order valence-corrected chi connectivity index (χ3v) is 6.74. The number of aromatic nitrogens is 1. The van der Waals surface area contributed by atoms with Crippen molar-refractivity contribution < 1.29 is 14.3 Å². The second kappa shape index (κ2) is 15.0. The Morgan fingerprint density at radius 2 is 1.49 bits per heavy atom. The predicted molar refractivity (Wildman–Crippen MR) is 155 cm³/mol. The van der Waals surface area contributed by atoms with E-state index in [9.17, 15) is 14.4 Å². The minimum atomic E-state index is -0.834. The van der Waals surface area contributed by atoms with Crippen LogP contribution in [0.15, 0.2) is 83.8 Å². The quantitative estimate of drug-likeness (QED) is 0.299. The lowest BCUT2D eigenvalue weighted by atomic mass is 9.98. The number of esters is 1. The Labute approximate surface area is 231 Å². The lowest BCUT2D eigenvalue weighted by Gasteiger charge is -2.23. The Hall–Kier alpha value is -3.71. The van der Waals surface area contributed by atoms with Crippen LogP contribution in [0, 0.1) is 5.92 Å². The lowest BCUT2D eigenvalue weighted by Crippen LogP contribution is -2.45. The molecule has 3 rings (SSSR count). The van der Waals surface area contributed by atoms with E-state index in [4.69, 9.17) is 4.74 Å². The Balaban J connectivity index is 1.89. The number of nitrogens with zero attached hydrogens (tertiary/aromatic N) is 2. The largest absolute Gasteiger partial charge is 0.464 e. The number of hydrogen-bond acceptors (Lipinski definition) is 5. The van der Waals surface area contributed by atoms with Crippen molar-refractivity contribution in [2.45, 2.75) is 52.6 Å². The molecule has 1 N–H and O–H groups in total. The monoisotopic (exact) mass is 531 g/mol. The molecule has 1 heterocycles. The van der Waals surface area contributed by atoms with Crippen molar-refractivity contribution >= 4 is 11.9 Å². The van der Waals surface area contributed by atoms with Gasteiger partial charge in [0.25, 0.3) is 11.5 Å². The van der Waals surface area contributed by atoms with E-state index in [0.29, 0.717) is 12.8 Å². The van der Waals surface area contributed by atoms with Crippen molar-refractivity contribution in [1.82, 2.24) is 14.8 Å². The van der Waals surface area contributed by atoms with Gasteiger partial charge in [-0.3, -0.25) is 9.59 Å². The van der Waals surface area contributed by atoms with Gasteiger partial charge in [-0.25, -0.2) is 4.79 Å². The molecular weight excluding hydrogens is 490 g/mol. The summed E-state index contributed by atoms with van der Waals surface area (Å²) in [5.74, 6) is -0.877. The van der Waals surface area contributed by atoms with E-state index in [1.807, 2.05) is 74.5 Å². The van der Waals surface area contributed by atoms with Crippen molar-refractivity contribution in [3.05, 3.63) is 106 Å². The normalized spacial score (nSPS) is 12.1. The fourth-order valence-corrected chi connectivity index (χ4v) is 4.56. The van der Waals surface area contributed by atoms with Gasteiger partial charge in [0.15, 0.2) is 0 Å². The summed E-state index contributed by atoms with van der Waals surface area (Å²) in [5, 5.41) is 2.81. The van der Waals surface area contributed by atoms with Crippen LogP contribution in [0.25, 0.3) is 0 Å². The van der Waals surface area contributed by atoms with Crippen LogP contribution in [0.1, 0.15) is 68.1 Å². The summed E-state index contributed by atoms with van der Waals surface area (Å²) in [6.45, 7) is 11.0. The van der Waals surface area contributed by atoms with Crippen LogP contribution in [-0.4, -0.2) is 53.6 Å². The number of benzene rings is 2. The molecule has 0 unspecified atom stereocenters. The van der Waals surface area contributed by atoms with Gasteiger partial charge < -0.3 is 19.5 Å². The predicted octanol–water partition coefficient (Wildman–Crippen LogP) is 4.91. The Kier molecular flexibility index (Phi) is 11.5. The van der Waals surface area contributed by atoms with Crippen molar-refractivity contribution in [3.8, 4) is 0 Å². The summed E-state index contributed by atoms with van der Waals surface area (Å²) in [5.41, 5.74) is 1.41. The molecule has 39 heavy (non-hydrogen) atoms. The molecule has 0 aliphatic carbocycles. The summed E-state index contributed by atoms with van der Waals surface area (Å²) in [7, 11) is 0. The van der Waals surface area contributed by atoms with E-state index >= 15 is 0 Å². The third kappa shape index (κ3) is 8.39. The zero-order valence-corrected chi connectivity index (χ0v) is 23.5. The maximum absolute atomic E-state index is 13.7. The van der Waals surface area contributed by atoms with Crippen LogP contribution < -0.4 is 10.9 Å². The molecule has 0 spiro atoms. The van der Waals surface area contributed by atoms with E-state index in [1.54, 1.807) is 16.8 Å². The highest BCUT2D eigenvalue weighted by Crippen LogP contribution is 2.25. The van der Waals surface area contributed by atoms with Gasteiger partial charge in [-0.2, -0.15) is 0 Å². The Morgan fingerprint density at radius 3 is 2.03 bits per heavy atom. The first-order chi connectivity index (χ1) is 18.8. The minimum Gasteiger partial charge on any atom is -0.464 e. The molecule has 3 aromatic rings. The van der Waals surface area contributed by atoms with Crippen LogP contribution in [0.2, 0.25) is 0 Å². The summed E-state index contributed by atoms with van der Waals surface area (Å²) in [6, 6.07) is 21.4. The van der Waals surface area contributed by atoms with E-state index in [2.05, 4.69) is 24.1 Å². The number of rotatable bonds is 14. The van der Waals surface area contributed by atoms with Crippen molar-refractivity contribution in [2.75, 3.05) is 26.2 Å². The molecule has 0 bridgehead atoms. The van der Waals surface area contributed by atoms with Crippen molar-refractivity contribution in [3.63, 3.8) is 0 Å². The zero-order chi connectivity index (χ0) is 28.2. The average molecular weight is 532 g/mol. The second-order valence-corrected chi connectivity index (χ2v) is 10.1. The van der Waals surface area contributed by atoms with Gasteiger partial charge in [0, 0.05) is 6.20 Å². The highest BCUT2D eigenvalue weighted by Gasteiger charge is 2.26. The molecule has 0 aliphatic heterocycles. The average Bonchev–Trinajstić information content (AvgIpc) is 2.95. The van der Waals surface area contributed by atoms with E-state index in [0.717, 1.165) is 30.8 Å². The summed E-state index contributed by atoms with van der Waals surface area (Å²) in [6.07, 6.45) is 2.84. The molecular formula is C32H41N3O4. The fourth-order valence-electron chi connectivity index (χ4n) is 4.56. The molecule has 0 saturated carbocycles. The maximum atomic E-state index is 13.7. The molecule has 1 amide bonds. The van der Waals surface area contributed by atoms with Gasteiger partial charge >= 0.3 is 5.97 Å². The molecule has 7 heteroatoms. The number of hydrogen-bond donors (Lipinski definition) is 1. The van der Waals surface area contributed by atoms with Crippen molar-refractivity contribution in [1.29, 1.82) is 0 Å². The maximum Gasteiger partial charge on any atom is 0.328 e. The van der Waals surface area contributed by atoms with Gasteiger partial charge in [-0.05, 0) is 61.7 Å². The second-order valence-electron chi connectivity index (χ2n) is 10.1. The number of amides is 1. The highest BCUT2D eigenvalue weighted by atomic mass is 16.5. The highest BCUT2D eigenvalue weighted by molar-refractivity contribution is 5.96. The first kappa shape index (κ1) is 29.8. The van der Waals surface area contributed by atoms with Crippen LogP contribution >= 0.6 is 0 Å². The van der Waals surface area contributed by atoms with Gasteiger partial charge in [0.2, 0.25) is 0 Å². The van der Waals surface area contributed by atoms with Crippen LogP contribution in [0.5, 0.6) is 0 Å². The summed E-state index contributed by atoms with van der Waals surface area (Å²) in [4.78, 5) is 42.3. The van der Waals surface area contributed by atoms with Gasteiger partial charge in [-0.1, -0.05) is 88.4 Å². The number of carbonyl (C=O) groups is 2. The lowest BCUT2D eigenvalue weighted by molar-refractivity contribution is -0.147. The van der Waals surface area contributed by atoms with E-state index in [1.165, 1.54) is 6.07 Å². The SMILES string of the molecule is CCN(CC)CCC[C@H](NC(=O)c1cccn(C(c2ccccc2)c2ccccc2)c1=O)C(=O)OCC(C)C. The van der Waals surface area contributed by atoms with Crippen LogP contribution in [0.4, 0.5) is 0 Å². The Bertz CT molecular complexity index is 1200. The fraction of sp³-hybridized carbons (Fsp3) is 0.406. The molecule has 1 atom stereocenters. The van der Waals surface area contributed by atoms with Crippen LogP contribution in [-0.2, 0) is 9.53 Å². The van der Waals surface area contributed by atoms with Crippen LogP contribution in [0.3, 0.4) is 0 Å². The summed E-state index contributed by atoms with van der Waals surface area (Å²) >= 11 is 0. The molecule has 2 aromatic carbocycles. The summed E-state index contributed by atoms with van der Waals surface area (Å²) < 4.78 is 7.05. The van der Waals surface area contributed by atoms with Gasteiger partial charge in [0.05, 0.1) is 12.6 Å². The van der Waals surface area contributed by atoms with Crippen molar-refractivity contribution in [2.24, 2.45) is 5.92 Å². The first-order valence-corrected chi connectivity index (χ1v) is 13.9. The number of nitrogens with one attached hydrogen (secondary N) is 1.